The number of nitrogens with zero attached hydrogens (tertiary/aromatic N) is 2. The summed E-state index contributed by atoms with van der Waals surface area (Å²) in [5.41, 5.74) is 0.772. The molecule has 0 spiro atoms. The molecule has 4 nitrogen and oxygen atoms in total. The van der Waals surface area contributed by atoms with Gasteiger partial charge in [-0.05, 0) is 24.3 Å². The highest BCUT2D eigenvalue weighted by Gasteiger charge is 2.03. The van der Waals surface area contributed by atoms with Crippen molar-refractivity contribution in [3.05, 3.63) is 71.5 Å². The minimum atomic E-state index is -0.227. The summed E-state index contributed by atoms with van der Waals surface area (Å²) in [7, 11) is 0. The molecule has 0 saturated heterocycles. The van der Waals surface area contributed by atoms with E-state index in [0.29, 0.717) is 16.1 Å². The number of pyridine rings is 2. The molecular weight excluding hydrogens is 216 g/mol. The molecule has 0 radical (unpaired) electrons. The highest BCUT2D eigenvalue weighted by atomic mass is 16.5. The molecule has 0 N–H and O–H groups in total. The molecule has 0 fully saturated rings. The first-order chi connectivity index (χ1) is 8.27. The van der Waals surface area contributed by atoms with Crippen LogP contribution in [0.3, 0.4) is 0 Å². The van der Waals surface area contributed by atoms with Gasteiger partial charge in [-0.2, -0.15) is 4.73 Å². The van der Waals surface area contributed by atoms with E-state index in [0.717, 1.165) is 0 Å². The van der Waals surface area contributed by atoms with Crippen LogP contribution < -0.4 is 4.73 Å². The third-order valence-electron chi connectivity index (χ3n) is 2.18. The summed E-state index contributed by atoms with van der Waals surface area (Å²) in [6.07, 6.45) is 5.75. The number of ketones is 1. The van der Waals surface area contributed by atoms with Crippen molar-refractivity contribution in [3.8, 4) is 0 Å². The summed E-state index contributed by atoms with van der Waals surface area (Å²) < 4.78 is 0.697. The zero-order valence-electron chi connectivity index (χ0n) is 8.98. The van der Waals surface area contributed by atoms with E-state index in [2.05, 4.69) is 4.98 Å². The molecule has 2 aromatic rings. The largest absolute Gasteiger partial charge is 0.618 e. The number of carbonyl (C=O) groups excluding carboxylic acids is 1. The van der Waals surface area contributed by atoms with Crippen molar-refractivity contribution in [2.45, 2.75) is 0 Å². The predicted octanol–water partition coefficient (Wildman–Crippen LogP) is 1.61. The molecule has 0 aromatic carbocycles. The first kappa shape index (κ1) is 11.0. The Morgan fingerprint density at radius 2 is 2.06 bits per heavy atom. The van der Waals surface area contributed by atoms with E-state index in [1.165, 1.54) is 18.3 Å². The topological polar surface area (TPSA) is 56.9 Å². The van der Waals surface area contributed by atoms with Gasteiger partial charge in [0.25, 0.3) is 0 Å². The Morgan fingerprint density at radius 1 is 1.24 bits per heavy atom. The Morgan fingerprint density at radius 3 is 2.76 bits per heavy atom. The zero-order chi connectivity index (χ0) is 12.1. The molecule has 2 rings (SSSR count). The summed E-state index contributed by atoms with van der Waals surface area (Å²) in [5.74, 6) is -0.227. The third kappa shape index (κ3) is 2.75. The first-order valence-electron chi connectivity index (χ1n) is 5.09. The molecule has 0 aliphatic rings. The molecule has 0 unspecified atom stereocenters. The smallest absolute Gasteiger partial charge is 0.216 e. The number of allylic oxidation sites excluding steroid dienone is 1. The average Bonchev–Trinajstić information content (AvgIpc) is 2.38. The van der Waals surface area contributed by atoms with Crippen LogP contribution in [0.1, 0.15) is 16.2 Å². The number of aromatic nitrogens is 2. The van der Waals surface area contributed by atoms with Gasteiger partial charge in [0, 0.05) is 24.4 Å². The van der Waals surface area contributed by atoms with Crippen LogP contribution in [0, 0.1) is 5.21 Å². The Hall–Kier alpha value is -2.49. The summed E-state index contributed by atoms with van der Waals surface area (Å²) in [5, 5.41) is 11.3. The van der Waals surface area contributed by atoms with Crippen LogP contribution in [-0.2, 0) is 0 Å². The van der Waals surface area contributed by atoms with Gasteiger partial charge in [0.1, 0.15) is 5.69 Å². The maximum Gasteiger partial charge on any atom is 0.216 e. The lowest BCUT2D eigenvalue weighted by Crippen LogP contribution is -2.28. The van der Waals surface area contributed by atoms with Gasteiger partial charge in [-0.25, -0.2) is 0 Å². The molecule has 0 atom stereocenters. The second-order valence-electron chi connectivity index (χ2n) is 3.36. The lowest BCUT2D eigenvalue weighted by atomic mass is 10.2. The van der Waals surface area contributed by atoms with Crippen molar-refractivity contribution in [1.29, 1.82) is 0 Å². The summed E-state index contributed by atoms with van der Waals surface area (Å²) >= 11 is 0. The molecule has 0 amide bonds. The van der Waals surface area contributed by atoms with Crippen LogP contribution in [0.4, 0.5) is 0 Å². The SMILES string of the molecule is O=C(C=Cc1cccc[n+]1[O-])c1ccccn1. The van der Waals surface area contributed by atoms with E-state index in [1.807, 2.05) is 0 Å². The number of hydrogen-bond acceptors (Lipinski definition) is 3. The van der Waals surface area contributed by atoms with Crippen LogP contribution >= 0.6 is 0 Å². The standard InChI is InChI=1S/C13H10N2O2/c16-13(12-6-1-3-9-14-12)8-7-11-5-2-4-10-15(11)17/h1-10H. The molecule has 4 heteroatoms. The van der Waals surface area contributed by atoms with Crippen molar-refractivity contribution in [3.63, 3.8) is 0 Å². The Labute approximate surface area is 98.5 Å². The van der Waals surface area contributed by atoms with Crippen LogP contribution in [0.25, 0.3) is 6.08 Å². The van der Waals surface area contributed by atoms with Crippen molar-refractivity contribution < 1.29 is 9.52 Å². The monoisotopic (exact) mass is 226 g/mol. The fourth-order valence-electron chi connectivity index (χ4n) is 1.33. The Balaban J connectivity index is 2.17. The normalized spacial score (nSPS) is 10.6. The molecule has 0 aliphatic heterocycles. The van der Waals surface area contributed by atoms with E-state index in [-0.39, 0.29) is 5.78 Å². The molecule has 17 heavy (non-hydrogen) atoms. The van der Waals surface area contributed by atoms with Crippen molar-refractivity contribution >= 4 is 11.9 Å². The van der Waals surface area contributed by atoms with Gasteiger partial charge < -0.3 is 5.21 Å². The third-order valence-corrected chi connectivity index (χ3v) is 2.18. The van der Waals surface area contributed by atoms with E-state index in [4.69, 9.17) is 0 Å². The van der Waals surface area contributed by atoms with Crippen molar-refractivity contribution in [2.75, 3.05) is 0 Å². The van der Waals surface area contributed by atoms with E-state index in [1.54, 1.807) is 42.6 Å². The molecule has 2 aromatic heterocycles. The van der Waals surface area contributed by atoms with E-state index < -0.39 is 0 Å². The lowest BCUT2D eigenvalue weighted by Gasteiger charge is -1.98. The Bertz CT molecular complexity index is 550. The van der Waals surface area contributed by atoms with Gasteiger partial charge in [-0.3, -0.25) is 9.78 Å². The molecule has 0 bridgehead atoms. The number of rotatable bonds is 3. The van der Waals surface area contributed by atoms with Crippen LogP contribution in [0.5, 0.6) is 0 Å². The maximum absolute atomic E-state index is 11.7. The zero-order valence-corrected chi connectivity index (χ0v) is 8.98. The van der Waals surface area contributed by atoms with Gasteiger partial charge in [0.05, 0.1) is 0 Å². The second-order valence-corrected chi connectivity index (χ2v) is 3.36. The van der Waals surface area contributed by atoms with Crippen molar-refractivity contribution in [1.82, 2.24) is 4.98 Å². The van der Waals surface area contributed by atoms with Crippen LogP contribution in [0.2, 0.25) is 0 Å². The average molecular weight is 226 g/mol. The Kier molecular flexibility index (Phi) is 3.25. The first-order valence-corrected chi connectivity index (χ1v) is 5.09. The van der Waals surface area contributed by atoms with E-state index >= 15 is 0 Å². The lowest BCUT2D eigenvalue weighted by molar-refractivity contribution is -0.607. The number of carbonyl (C=O) groups is 1. The van der Waals surface area contributed by atoms with Gasteiger partial charge in [-0.15, -0.1) is 0 Å². The summed E-state index contributed by atoms with van der Waals surface area (Å²) in [6.45, 7) is 0. The molecule has 2 heterocycles. The fraction of sp³-hybridized carbons (Fsp3) is 0. The van der Waals surface area contributed by atoms with Gasteiger partial charge in [-0.1, -0.05) is 6.07 Å². The van der Waals surface area contributed by atoms with E-state index in [9.17, 15) is 10.0 Å². The molecule has 0 aliphatic carbocycles. The fourth-order valence-corrected chi connectivity index (χ4v) is 1.33. The molecule has 84 valence electrons. The number of hydrogen-bond donors (Lipinski definition) is 0. The van der Waals surface area contributed by atoms with Gasteiger partial charge >= 0.3 is 0 Å². The van der Waals surface area contributed by atoms with Crippen LogP contribution in [0.15, 0.2) is 54.9 Å². The summed E-state index contributed by atoms with van der Waals surface area (Å²) in [4.78, 5) is 15.6. The van der Waals surface area contributed by atoms with Crippen LogP contribution in [-0.4, -0.2) is 10.8 Å². The highest BCUT2D eigenvalue weighted by molar-refractivity contribution is 6.05. The quantitative estimate of drug-likeness (QED) is 0.346. The molecular formula is C13H10N2O2. The van der Waals surface area contributed by atoms with Gasteiger partial charge in [0.15, 0.2) is 6.20 Å². The minimum absolute atomic E-state index is 0.227. The highest BCUT2D eigenvalue weighted by Crippen LogP contribution is 2.00. The minimum Gasteiger partial charge on any atom is -0.618 e. The van der Waals surface area contributed by atoms with Crippen molar-refractivity contribution in [2.24, 2.45) is 0 Å². The van der Waals surface area contributed by atoms with Gasteiger partial charge in [0.2, 0.25) is 11.5 Å². The maximum atomic E-state index is 11.7. The molecule has 0 saturated carbocycles. The predicted molar refractivity (Wildman–Crippen MR) is 63.0 cm³/mol. The second kappa shape index (κ2) is 5.03. The summed E-state index contributed by atoms with van der Waals surface area (Å²) in [6, 6.07) is 10.1.